The van der Waals surface area contributed by atoms with Crippen molar-refractivity contribution in [3.8, 4) is 0 Å². The molecule has 0 heterocycles. The number of fused-ring (bicyclic) bond motifs is 1. The monoisotopic (exact) mass is 253 g/mol. The van der Waals surface area contributed by atoms with Crippen molar-refractivity contribution in [2.45, 2.75) is 51.0 Å². The predicted octanol–water partition coefficient (Wildman–Crippen LogP) is 4.04. The molecule has 2 unspecified atom stereocenters. The third-order valence-electron chi connectivity index (χ3n) is 4.01. The number of benzene rings is 1. The van der Waals surface area contributed by atoms with Crippen molar-refractivity contribution in [1.82, 2.24) is 5.32 Å². The largest absolute Gasteiger partial charge is 0.303 e. The fourth-order valence-corrected chi connectivity index (χ4v) is 2.90. The minimum atomic E-state index is -2.36. The Bertz CT molecular complexity index is 405. The second-order valence-electron chi connectivity index (χ2n) is 5.23. The van der Waals surface area contributed by atoms with Gasteiger partial charge in [0.25, 0.3) is 6.43 Å². The molecule has 2 rings (SSSR count). The molecule has 1 aromatic carbocycles. The fourth-order valence-electron chi connectivity index (χ4n) is 2.90. The Morgan fingerprint density at radius 3 is 2.78 bits per heavy atom. The Morgan fingerprint density at radius 1 is 1.39 bits per heavy atom. The van der Waals surface area contributed by atoms with E-state index in [2.05, 4.69) is 12.2 Å². The van der Waals surface area contributed by atoms with Gasteiger partial charge in [0.05, 0.1) is 0 Å². The van der Waals surface area contributed by atoms with Crippen LogP contribution in [0.1, 0.15) is 50.2 Å². The topological polar surface area (TPSA) is 12.0 Å². The van der Waals surface area contributed by atoms with Crippen LogP contribution < -0.4 is 5.32 Å². The van der Waals surface area contributed by atoms with Crippen LogP contribution in [0.5, 0.6) is 0 Å². The average molecular weight is 253 g/mol. The summed E-state index contributed by atoms with van der Waals surface area (Å²) in [5.41, 5.74) is 0.735. The molecule has 1 aliphatic rings. The Hall–Kier alpha value is -0.960. The molecule has 100 valence electrons. The molecule has 0 radical (unpaired) electrons. The van der Waals surface area contributed by atoms with Crippen LogP contribution in [-0.2, 0) is 5.54 Å². The van der Waals surface area contributed by atoms with Gasteiger partial charge in [0.2, 0.25) is 0 Å². The Morgan fingerprint density at radius 2 is 2.11 bits per heavy atom. The lowest BCUT2D eigenvalue weighted by atomic mass is 9.72. The SMILES string of the molecule is CCCNC1(C(F)F)CCC(C)c2ccccc21. The summed E-state index contributed by atoms with van der Waals surface area (Å²) in [5.74, 6) is 0.372. The summed E-state index contributed by atoms with van der Waals surface area (Å²) >= 11 is 0. The van der Waals surface area contributed by atoms with Crippen LogP contribution in [0.4, 0.5) is 8.78 Å². The highest BCUT2D eigenvalue weighted by atomic mass is 19.3. The molecule has 18 heavy (non-hydrogen) atoms. The minimum absolute atomic E-state index is 0.372. The molecule has 1 nitrogen and oxygen atoms in total. The van der Waals surface area contributed by atoms with Crippen molar-refractivity contribution in [3.05, 3.63) is 35.4 Å². The Kier molecular flexibility index (Phi) is 4.00. The lowest BCUT2D eigenvalue weighted by Crippen LogP contribution is -2.51. The number of hydrogen-bond donors (Lipinski definition) is 1. The van der Waals surface area contributed by atoms with E-state index in [1.165, 1.54) is 0 Å². The molecular formula is C15H21F2N. The van der Waals surface area contributed by atoms with Crippen LogP contribution in [-0.4, -0.2) is 13.0 Å². The summed E-state index contributed by atoms with van der Waals surface area (Å²) in [6, 6.07) is 7.65. The lowest BCUT2D eigenvalue weighted by molar-refractivity contribution is 0.0143. The summed E-state index contributed by atoms with van der Waals surface area (Å²) in [5, 5.41) is 3.11. The standard InChI is InChI=1S/C15H21F2N/c1-3-10-18-15(14(16)17)9-8-11(2)12-6-4-5-7-13(12)15/h4-7,11,14,18H,3,8-10H2,1-2H3. The zero-order valence-corrected chi connectivity index (χ0v) is 11.0. The van der Waals surface area contributed by atoms with Crippen molar-refractivity contribution >= 4 is 0 Å². The summed E-state index contributed by atoms with van der Waals surface area (Å²) < 4.78 is 27.3. The van der Waals surface area contributed by atoms with E-state index in [1.807, 2.05) is 31.2 Å². The molecule has 0 aromatic heterocycles. The van der Waals surface area contributed by atoms with Gasteiger partial charge in [0.15, 0.2) is 0 Å². The maximum atomic E-state index is 13.6. The number of halogens is 2. The van der Waals surface area contributed by atoms with E-state index in [-0.39, 0.29) is 0 Å². The van der Waals surface area contributed by atoms with Crippen LogP contribution in [0.3, 0.4) is 0 Å². The van der Waals surface area contributed by atoms with Gasteiger partial charge in [-0.2, -0.15) is 0 Å². The van der Waals surface area contributed by atoms with Gasteiger partial charge in [-0.15, -0.1) is 0 Å². The van der Waals surface area contributed by atoms with Crippen molar-refractivity contribution in [2.24, 2.45) is 0 Å². The van der Waals surface area contributed by atoms with Gasteiger partial charge in [0, 0.05) is 0 Å². The molecule has 1 aliphatic carbocycles. The summed E-state index contributed by atoms with van der Waals surface area (Å²) in [7, 11) is 0. The van der Waals surface area contributed by atoms with Gasteiger partial charge >= 0.3 is 0 Å². The van der Waals surface area contributed by atoms with E-state index in [1.54, 1.807) is 0 Å². The van der Waals surface area contributed by atoms with Crippen molar-refractivity contribution in [2.75, 3.05) is 6.54 Å². The molecule has 2 atom stereocenters. The van der Waals surface area contributed by atoms with Crippen LogP contribution in [0.2, 0.25) is 0 Å². The van der Waals surface area contributed by atoms with Crippen LogP contribution in [0.25, 0.3) is 0 Å². The van der Waals surface area contributed by atoms with E-state index >= 15 is 0 Å². The predicted molar refractivity (Wildman–Crippen MR) is 70.1 cm³/mol. The van der Waals surface area contributed by atoms with Gasteiger partial charge in [-0.3, -0.25) is 0 Å². The maximum Gasteiger partial charge on any atom is 0.260 e. The Balaban J connectivity index is 2.45. The quantitative estimate of drug-likeness (QED) is 0.853. The second kappa shape index (κ2) is 5.35. The molecule has 0 spiro atoms. The molecule has 0 bridgehead atoms. The molecule has 3 heteroatoms. The van der Waals surface area contributed by atoms with E-state index < -0.39 is 12.0 Å². The van der Waals surface area contributed by atoms with Gasteiger partial charge in [-0.1, -0.05) is 38.1 Å². The van der Waals surface area contributed by atoms with Crippen LogP contribution >= 0.6 is 0 Å². The van der Waals surface area contributed by atoms with Crippen molar-refractivity contribution in [1.29, 1.82) is 0 Å². The molecule has 0 fully saturated rings. The van der Waals surface area contributed by atoms with E-state index in [4.69, 9.17) is 0 Å². The van der Waals surface area contributed by atoms with Crippen LogP contribution in [0, 0.1) is 0 Å². The summed E-state index contributed by atoms with van der Waals surface area (Å²) in [6.07, 6.45) is -0.162. The van der Waals surface area contributed by atoms with Crippen LogP contribution in [0.15, 0.2) is 24.3 Å². The molecular weight excluding hydrogens is 232 g/mol. The molecule has 1 N–H and O–H groups in total. The maximum absolute atomic E-state index is 13.6. The summed E-state index contributed by atoms with van der Waals surface area (Å²) in [6.45, 7) is 4.75. The second-order valence-corrected chi connectivity index (χ2v) is 5.23. The van der Waals surface area contributed by atoms with Gasteiger partial charge in [-0.05, 0) is 42.9 Å². The number of rotatable bonds is 4. The first-order valence-electron chi connectivity index (χ1n) is 6.74. The normalized spacial score (nSPS) is 27.3. The number of nitrogens with one attached hydrogen (secondary N) is 1. The van der Waals surface area contributed by atoms with E-state index in [9.17, 15) is 8.78 Å². The third-order valence-corrected chi connectivity index (χ3v) is 4.01. The molecule has 0 aliphatic heterocycles. The Labute approximate surface area is 108 Å². The van der Waals surface area contributed by atoms with Crippen molar-refractivity contribution in [3.63, 3.8) is 0 Å². The fraction of sp³-hybridized carbons (Fsp3) is 0.600. The first-order chi connectivity index (χ1) is 8.62. The van der Waals surface area contributed by atoms with Gasteiger partial charge in [0.1, 0.15) is 5.54 Å². The number of alkyl halides is 2. The molecule has 1 aromatic rings. The van der Waals surface area contributed by atoms with Crippen molar-refractivity contribution < 1.29 is 8.78 Å². The van der Waals surface area contributed by atoms with E-state index in [0.717, 1.165) is 24.0 Å². The van der Waals surface area contributed by atoms with E-state index in [0.29, 0.717) is 18.9 Å². The zero-order chi connectivity index (χ0) is 13.2. The molecule has 0 saturated carbocycles. The summed E-state index contributed by atoms with van der Waals surface area (Å²) in [4.78, 5) is 0. The lowest BCUT2D eigenvalue weighted by Gasteiger charge is -2.41. The zero-order valence-electron chi connectivity index (χ0n) is 11.0. The highest BCUT2D eigenvalue weighted by molar-refractivity contribution is 5.39. The van der Waals surface area contributed by atoms with Gasteiger partial charge < -0.3 is 5.32 Å². The number of hydrogen-bond acceptors (Lipinski definition) is 1. The molecule has 0 saturated heterocycles. The first-order valence-corrected chi connectivity index (χ1v) is 6.74. The minimum Gasteiger partial charge on any atom is -0.303 e. The van der Waals surface area contributed by atoms with Gasteiger partial charge in [-0.25, -0.2) is 8.78 Å². The smallest absolute Gasteiger partial charge is 0.260 e. The highest BCUT2D eigenvalue weighted by Crippen LogP contribution is 2.44. The first kappa shape index (κ1) is 13.5. The highest BCUT2D eigenvalue weighted by Gasteiger charge is 2.45. The molecule has 0 amide bonds. The third kappa shape index (κ3) is 2.16. The average Bonchev–Trinajstić information content (AvgIpc) is 2.38.